The number of hydrogen-bond acceptors (Lipinski definition) is 1. The third-order valence-corrected chi connectivity index (χ3v) is 4.24. The van der Waals surface area contributed by atoms with Gasteiger partial charge in [0.05, 0.1) is 6.04 Å². The van der Waals surface area contributed by atoms with Gasteiger partial charge in [-0.3, -0.25) is 4.99 Å². The van der Waals surface area contributed by atoms with Crippen LogP contribution >= 0.6 is 0 Å². The molecule has 1 aliphatic rings. The molecule has 0 amide bonds. The number of nitrogens with two attached hydrogens (primary N) is 1. The molecule has 1 aromatic rings. The summed E-state index contributed by atoms with van der Waals surface area (Å²) < 4.78 is 0. The maximum atomic E-state index is 6.10. The van der Waals surface area contributed by atoms with Gasteiger partial charge in [0.15, 0.2) is 5.96 Å². The van der Waals surface area contributed by atoms with Gasteiger partial charge in [0.1, 0.15) is 0 Å². The van der Waals surface area contributed by atoms with Gasteiger partial charge >= 0.3 is 0 Å². The fraction of sp³-hybridized carbons (Fsp3) is 0.611. The first kappa shape index (κ1) is 15.9. The molecule has 1 fully saturated rings. The molecule has 0 spiro atoms. The van der Waals surface area contributed by atoms with Crippen molar-refractivity contribution in [2.24, 2.45) is 10.7 Å². The number of aryl methyl sites for hydroxylation is 1. The third kappa shape index (κ3) is 5.78. The van der Waals surface area contributed by atoms with Crippen molar-refractivity contribution >= 4 is 5.96 Å². The smallest absolute Gasteiger partial charge is 0.189 e. The largest absolute Gasteiger partial charge is 0.370 e. The van der Waals surface area contributed by atoms with Crippen LogP contribution in [0.15, 0.2) is 35.3 Å². The number of hydrogen-bond donors (Lipinski definition) is 2. The summed E-state index contributed by atoms with van der Waals surface area (Å²) in [6.45, 7) is 4.39. The Morgan fingerprint density at radius 2 is 1.86 bits per heavy atom. The van der Waals surface area contributed by atoms with Gasteiger partial charge in [0.25, 0.3) is 0 Å². The van der Waals surface area contributed by atoms with E-state index in [1.54, 1.807) is 0 Å². The first-order valence-electron chi connectivity index (χ1n) is 8.20. The maximum absolute atomic E-state index is 6.10. The second-order valence-corrected chi connectivity index (χ2v) is 6.80. The van der Waals surface area contributed by atoms with Gasteiger partial charge in [0.2, 0.25) is 0 Å². The molecule has 1 saturated carbocycles. The molecule has 0 saturated heterocycles. The molecule has 3 nitrogen and oxygen atoms in total. The van der Waals surface area contributed by atoms with Crippen LogP contribution in [0.1, 0.15) is 57.9 Å². The van der Waals surface area contributed by atoms with E-state index in [0.717, 1.165) is 12.8 Å². The fourth-order valence-electron chi connectivity index (χ4n) is 2.95. The minimum atomic E-state index is -0.0297. The first-order chi connectivity index (χ1) is 10.1. The molecule has 0 heterocycles. The summed E-state index contributed by atoms with van der Waals surface area (Å²) in [4.78, 5) is 4.66. The first-order valence-corrected chi connectivity index (χ1v) is 8.20. The summed E-state index contributed by atoms with van der Waals surface area (Å²) in [7, 11) is 0. The lowest BCUT2D eigenvalue weighted by Gasteiger charge is -2.28. The highest BCUT2D eigenvalue weighted by atomic mass is 15.1. The maximum Gasteiger partial charge on any atom is 0.189 e. The molecule has 116 valence electrons. The quantitative estimate of drug-likeness (QED) is 0.642. The molecule has 2 rings (SSSR count). The number of nitrogens with one attached hydrogen (secondary N) is 1. The summed E-state index contributed by atoms with van der Waals surface area (Å²) in [5, 5.41) is 3.40. The second-order valence-electron chi connectivity index (χ2n) is 6.80. The fourth-order valence-corrected chi connectivity index (χ4v) is 2.95. The van der Waals surface area contributed by atoms with Crippen molar-refractivity contribution in [3.63, 3.8) is 0 Å². The van der Waals surface area contributed by atoms with Crippen LogP contribution in [0, 0.1) is 0 Å². The highest BCUT2D eigenvalue weighted by molar-refractivity contribution is 5.78. The number of guanidine groups is 1. The average Bonchev–Trinajstić information content (AvgIpc) is 2.47. The van der Waals surface area contributed by atoms with E-state index in [0.29, 0.717) is 12.0 Å². The van der Waals surface area contributed by atoms with E-state index < -0.39 is 0 Å². The normalized spacial score (nSPS) is 17.7. The lowest BCUT2D eigenvalue weighted by molar-refractivity contribution is 0.413. The third-order valence-electron chi connectivity index (χ3n) is 4.24. The van der Waals surface area contributed by atoms with E-state index in [1.807, 2.05) is 0 Å². The topological polar surface area (TPSA) is 50.4 Å². The van der Waals surface area contributed by atoms with Crippen LogP contribution < -0.4 is 11.1 Å². The molecule has 0 atom stereocenters. The minimum Gasteiger partial charge on any atom is -0.370 e. The van der Waals surface area contributed by atoms with Crippen molar-refractivity contribution in [1.29, 1.82) is 0 Å². The van der Waals surface area contributed by atoms with Crippen LogP contribution in [0.3, 0.4) is 0 Å². The van der Waals surface area contributed by atoms with E-state index in [1.165, 1.54) is 37.7 Å². The van der Waals surface area contributed by atoms with Gasteiger partial charge in [-0.2, -0.15) is 0 Å². The molecule has 0 aliphatic heterocycles. The summed E-state index contributed by atoms with van der Waals surface area (Å²) >= 11 is 0. The zero-order valence-corrected chi connectivity index (χ0v) is 13.4. The summed E-state index contributed by atoms with van der Waals surface area (Å²) in [5.41, 5.74) is 7.44. The molecule has 21 heavy (non-hydrogen) atoms. The van der Waals surface area contributed by atoms with Crippen LogP contribution in [0.2, 0.25) is 0 Å². The van der Waals surface area contributed by atoms with Crippen molar-refractivity contribution in [3.05, 3.63) is 35.9 Å². The van der Waals surface area contributed by atoms with Gasteiger partial charge in [0, 0.05) is 5.54 Å². The van der Waals surface area contributed by atoms with Crippen molar-refractivity contribution in [1.82, 2.24) is 5.32 Å². The van der Waals surface area contributed by atoms with Crippen molar-refractivity contribution in [3.8, 4) is 0 Å². The number of nitrogens with zero attached hydrogens (tertiary/aromatic N) is 1. The summed E-state index contributed by atoms with van der Waals surface area (Å²) in [6, 6.07) is 11.0. The molecule has 0 bridgehead atoms. The Labute approximate surface area is 129 Å². The van der Waals surface area contributed by atoms with E-state index >= 15 is 0 Å². The van der Waals surface area contributed by atoms with Crippen molar-refractivity contribution < 1.29 is 0 Å². The molecule has 0 radical (unpaired) electrons. The number of benzene rings is 1. The number of aliphatic imine (C=N–C) groups is 1. The zero-order chi connectivity index (χ0) is 15.1. The van der Waals surface area contributed by atoms with Crippen LogP contribution in [0.5, 0.6) is 0 Å². The van der Waals surface area contributed by atoms with E-state index in [-0.39, 0.29) is 5.54 Å². The van der Waals surface area contributed by atoms with Crippen LogP contribution in [0.25, 0.3) is 0 Å². The molecule has 1 aromatic carbocycles. The summed E-state index contributed by atoms with van der Waals surface area (Å²) in [6.07, 6.45) is 8.40. The van der Waals surface area contributed by atoms with Gasteiger partial charge in [-0.25, -0.2) is 0 Å². The van der Waals surface area contributed by atoms with Gasteiger partial charge in [-0.1, -0.05) is 49.6 Å². The van der Waals surface area contributed by atoms with E-state index in [9.17, 15) is 0 Å². The average molecular weight is 287 g/mol. The molecule has 3 N–H and O–H groups in total. The highest BCUT2D eigenvalue weighted by Crippen LogP contribution is 2.20. The lowest BCUT2D eigenvalue weighted by atomic mass is 9.95. The highest BCUT2D eigenvalue weighted by Gasteiger charge is 2.19. The Morgan fingerprint density at radius 1 is 1.19 bits per heavy atom. The molecular formula is C18H29N3. The van der Waals surface area contributed by atoms with Crippen molar-refractivity contribution in [2.75, 3.05) is 0 Å². The van der Waals surface area contributed by atoms with Gasteiger partial charge in [-0.15, -0.1) is 0 Å². The van der Waals surface area contributed by atoms with Crippen LogP contribution in [-0.4, -0.2) is 17.5 Å². The Kier molecular flexibility index (Phi) is 5.66. The van der Waals surface area contributed by atoms with Crippen LogP contribution in [0.4, 0.5) is 0 Å². The van der Waals surface area contributed by atoms with E-state index in [4.69, 9.17) is 5.73 Å². The predicted octanol–water partition coefficient (Wildman–Crippen LogP) is 3.63. The number of rotatable bonds is 5. The van der Waals surface area contributed by atoms with Crippen molar-refractivity contribution in [2.45, 2.75) is 70.4 Å². The standard InChI is InChI=1S/C18H29N3/c1-18(2,14-13-15-9-5-3-6-10-15)21-17(19)20-16-11-7-4-8-12-16/h3,5-6,9-10,16H,4,7-8,11-14H2,1-2H3,(H3,19,20,21). The SMILES string of the molecule is CC(C)(CCc1ccccc1)NC(N)=NC1CCCCC1. The monoisotopic (exact) mass is 287 g/mol. The summed E-state index contributed by atoms with van der Waals surface area (Å²) in [5.74, 6) is 0.611. The van der Waals surface area contributed by atoms with E-state index in [2.05, 4.69) is 54.5 Å². The molecule has 0 aromatic heterocycles. The minimum absolute atomic E-state index is 0.0297. The Hall–Kier alpha value is -1.51. The molecule has 0 unspecified atom stereocenters. The van der Waals surface area contributed by atoms with Gasteiger partial charge in [-0.05, 0) is 45.1 Å². The molecule has 3 heteroatoms. The molecular weight excluding hydrogens is 258 g/mol. The zero-order valence-electron chi connectivity index (χ0n) is 13.4. The van der Waals surface area contributed by atoms with Gasteiger partial charge < -0.3 is 11.1 Å². The Balaban J connectivity index is 1.83. The second kappa shape index (κ2) is 7.48. The Bertz CT molecular complexity index is 445. The Morgan fingerprint density at radius 3 is 2.52 bits per heavy atom. The van der Waals surface area contributed by atoms with Crippen LogP contribution in [-0.2, 0) is 6.42 Å². The predicted molar refractivity (Wildman–Crippen MR) is 90.5 cm³/mol. The molecule has 1 aliphatic carbocycles. The lowest BCUT2D eigenvalue weighted by Crippen LogP contribution is -2.48.